The van der Waals surface area contributed by atoms with Crippen molar-refractivity contribution in [3.8, 4) is 5.75 Å². The first-order valence-electron chi connectivity index (χ1n) is 10.8. The molecule has 0 aliphatic carbocycles. The highest BCUT2D eigenvalue weighted by Crippen LogP contribution is 2.34. The number of piperidine rings is 1. The third kappa shape index (κ3) is 6.07. The zero-order chi connectivity index (χ0) is 21.6. The van der Waals surface area contributed by atoms with Crippen molar-refractivity contribution in [3.05, 3.63) is 65.7 Å². The lowest BCUT2D eigenvalue weighted by atomic mass is 9.78. The zero-order valence-corrected chi connectivity index (χ0v) is 18.3. The van der Waals surface area contributed by atoms with E-state index in [1.54, 1.807) is 0 Å². The van der Waals surface area contributed by atoms with Gasteiger partial charge in [0.15, 0.2) is 0 Å². The van der Waals surface area contributed by atoms with E-state index in [1.807, 2.05) is 61.5 Å². The van der Waals surface area contributed by atoms with Crippen LogP contribution in [0.15, 0.2) is 54.6 Å². The Labute approximate surface area is 180 Å². The number of carbonyl (C=O) groups is 1. The van der Waals surface area contributed by atoms with E-state index >= 15 is 0 Å². The van der Waals surface area contributed by atoms with Gasteiger partial charge in [0.1, 0.15) is 12.4 Å². The molecule has 1 unspecified atom stereocenters. The van der Waals surface area contributed by atoms with E-state index in [2.05, 4.69) is 24.1 Å². The molecule has 30 heavy (non-hydrogen) atoms. The second kappa shape index (κ2) is 10.1. The Morgan fingerprint density at radius 3 is 2.57 bits per heavy atom. The molecular formula is C25H34N2O3. The molecule has 1 amide bonds. The highest BCUT2D eigenvalue weighted by Gasteiger charge is 2.37. The van der Waals surface area contributed by atoms with Crippen molar-refractivity contribution >= 4 is 5.91 Å². The van der Waals surface area contributed by atoms with Crippen LogP contribution >= 0.6 is 0 Å². The average molecular weight is 411 g/mol. The molecule has 162 valence electrons. The first-order chi connectivity index (χ1) is 14.4. The van der Waals surface area contributed by atoms with Crippen LogP contribution in [0.1, 0.15) is 50.8 Å². The number of hydrogen-bond acceptors (Lipinski definition) is 4. The molecule has 0 radical (unpaired) electrons. The fourth-order valence-electron chi connectivity index (χ4n) is 3.98. The highest BCUT2D eigenvalue weighted by atomic mass is 16.5. The van der Waals surface area contributed by atoms with Crippen molar-refractivity contribution in [2.45, 2.75) is 52.3 Å². The van der Waals surface area contributed by atoms with E-state index < -0.39 is 0 Å². The quantitative estimate of drug-likeness (QED) is 0.692. The largest absolute Gasteiger partial charge is 0.492 e. The molecule has 3 rings (SSSR count). The van der Waals surface area contributed by atoms with Crippen LogP contribution in [0, 0.1) is 5.41 Å². The minimum Gasteiger partial charge on any atom is -0.492 e. The summed E-state index contributed by atoms with van der Waals surface area (Å²) < 4.78 is 5.87. The predicted molar refractivity (Wildman–Crippen MR) is 119 cm³/mol. The Hall–Kier alpha value is -2.37. The fourth-order valence-corrected chi connectivity index (χ4v) is 3.98. The van der Waals surface area contributed by atoms with E-state index in [9.17, 15) is 9.90 Å². The summed E-state index contributed by atoms with van der Waals surface area (Å²) in [4.78, 5) is 15.5. The molecule has 1 heterocycles. The smallest absolute Gasteiger partial charge is 0.237 e. The Kier molecular flexibility index (Phi) is 7.51. The van der Waals surface area contributed by atoms with Crippen LogP contribution in [0.2, 0.25) is 0 Å². The van der Waals surface area contributed by atoms with Crippen molar-refractivity contribution < 1.29 is 14.6 Å². The number of hydrogen-bond donors (Lipinski definition) is 2. The van der Waals surface area contributed by atoms with Crippen molar-refractivity contribution in [2.24, 2.45) is 5.41 Å². The summed E-state index contributed by atoms with van der Waals surface area (Å²) in [6.07, 6.45) is 1.90. The summed E-state index contributed by atoms with van der Waals surface area (Å²) in [6.45, 7) is 8.68. The van der Waals surface area contributed by atoms with E-state index in [4.69, 9.17) is 4.74 Å². The van der Waals surface area contributed by atoms with Crippen molar-refractivity contribution in [3.63, 3.8) is 0 Å². The second-order valence-electron chi connectivity index (χ2n) is 8.96. The van der Waals surface area contributed by atoms with Gasteiger partial charge in [0.2, 0.25) is 5.91 Å². The lowest BCUT2D eigenvalue weighted by Gasteiger charge is -2.42. The van der Waals surface area contributed by atoms with Gasteiger partial charge in [-0.2, -0.15) is 0 Å². The normalized spacial score (nSPS) is 19.8. The van der Waals surface area contributed by atoms with Gasteiger partial charge in [-0.15, -0.1) is 0 Å². The Morgan fingerprint density at radius 1 is 1.20 bits per heavy atom. The fraction of sp³-hybridized carbons (Fsp3) is 0.480. The molecular weight excluding hydrogens is 376 g/mol. The zero-order valence-electron chi connectivity index (χ0n) is 18.3. The summed E-state index contributed by atoms with van der Waals surface area (Å²) in [5.41, 5.74) is 2.05. The molecule has 2 atom stereocenters. The summed E-state index contributed by atoms with van der Waals surface area (Å²) in [6, 6.07) is 17.3. The Balaban J connectivity index is 1.61. The summed E-state index contributed by atoms with van der Waals surface area (Å²) in [5, 5.41) is 12.4. The molecule has 0 saturated carbocycles. The highest BCUT2D eigenvalue weighted by molar-refractivity contribution is 5.82. The SMILES string of the molecule is C[C@H](NC(=O)C1CC(C)(C)CCN1CCOc1ccccc1)c1ccc(CO)cc1. The third-order valence-electron chi connectivity index (χ3n) is 5.98. The van der Waals surface area contributed by atoms with Crippen LogP contribution < -0.4 is 10.1 Å². The number of aliphatic hydroxyl groups is 1. The molecule has 0 aromatic heterocycles. The number of ether oxygens (including phenoxy) is 1. The minimum atomic E-state index is -0.160. The van der Waals surface area contributed by atoms with E-state index in [-0.39, 0.29) is 30.0 Å². The number of para-hydroxylation sites is 1. The van der Waals surface area contributed by atoms with Crippen LogP contribution in [0.3, 0.4) is 0 Å². The molecule has 2 N–H and O–H groups in total. The summed E-state index contributed by atoms with van der Waals surface area (Å²) in [5.74, 6) is 0.928. The lowest BCUT2D eigenvalue weighted by molar-refractivity contribution is -0.130. The van der Waals surface area contributed by atoms with Crippen molar-refractivity contribution in [1.29, 1.82) is 0 Å². The number of likely N-dealkylation sites (tertiary alicyclic amines) is 1. The molecule has 0 bridgehead atoms. The Bertz CT molecular complexity index is 805. The first-order valence-corrected chi connectivity index (χ1v) is 10.8. The van der Waals surface area contributed by atoms with Crippen LogP contribution in [0.25, 0.3) is 0 Å². The van der Waals surface area contributed by atoms with Crippen LogP contribution in [0.4, 0.5) is 0 Å². The molecule has 2 aromatic carbocycles. The van der Waals surface area contributed by atoms with Gasteiger partial charge in [-0.3, -0.25) is 9.69 Å². The topological polar surface area (TPSA) is 61.8 Å². The molecule has 1 aliphatic heterocycles. The number of nitrogens with one attached hydrogen (secondary N) is 1. The maximum Gasteiger partial charge on any atom is 0.237 e. The van der Waals surface area contributed by atoms with Crippen molar-refractivity contribution in [1.82, 2.24) is 10.2 Å². The van der Waals surface area contributed by atoms with Gasteiger partial charge in [-0.1, -0.05) is 56.3 Å². The Morgan fingerprint density at radius 2 is 1.90 bits per heavy atom. The first kappa shape index (κ1) is 22.3. The summed E-state index contributed by atoms with van der Waals surface area (Å²) in [7, 11) is 0. The number of aliphatic hydroxyl groups excluding tert-OH is 1. The van der Waals surface area contributed by atoms with Gasteiger partial charge < -0.3 is 15.2 Å². The lowest BCUT2D eigenvalue weighted by Crippen LogP contribution is -2.54. The number of benzene rings is 2. The molecule has 2 aromatic rings. The molecule has 5 nitrogen and oxygen atoms in total. The predicted octanol–water partition coefficient (Wildman–Crippen LogP) is 3.93. The number of rotatable bonds is 8. The van der Waals surface area contributed by atoms with Crippen LogP contribution in [-0.2, 0) is 11.4 Å². The van der Waals surface area contributed by atoms with Gasteiger partial charge in [-0.25, -0.2) is 0 Å². The molecule has 1 aliphatic rings. The standard InChI is InChI=1S/C25H34N2O3/c1-19(21-11-9-20(18-28)10-12-21)26-24(29)23-17-25(2,3)13-14-27(23)15-16-30-22-7-5-4-6-8-22/h4-12,19,23,28H,13-18H2,1-3H3,(H,26,29)/t19-,23?/m0/s1. The number of amides is 1. The molecule has 5 heteroatoms. The van der Waals surface area contributed by atoms with Gasteiger partial charge in [0.05, 0.1) is 18.7 Å². The maximum absolute atomic E-state index is 13.2. The maximum atomic E-state index is 13.2. The molecule has 1 fully saturated rings. The average Bonchev–Trinajstić information content (AvgIpc) is 2.75. The number of nitrogens with zero attached hydrogens (tertiary/aromatic N) is 1. The molecule has 1 saturated heterocycles. The van der Waals surface area contributed by atoms with E-state index in [1.165, 1.54) is 0 Å². The van der Waals surface area contributed by atoms with Crippen molar-refractivity contribution in [2.75, 3.05) is 19.7 Å². The number of carbonyl (C=O) groups excluding carboxylic acids is 1. The van der Waals surface area contributed by atoms with E-state index in [0.29, 0.717) is 6.61 Å². The molecule has 0 spiro atoms. The van der Waals surface area contributed by atoms with Crippen LogP contribution in [0.5, 0.6) is 5.75 Å². The van der Waals surface area contributed by atoms with Gasteiger partial charge in [0.25, 0.3) is 0 Å². The monoisotopic (exact) mass is 410 g/mol. The minimum absolute atomic E-state index is 0.0260. The van der Waals surface area contributed by atoms with Gasteiger partial charge in [-0.05, 0) is 55.0 Å². The van der Waals surface area contributed by atoms with Crippen LogP contribution in [-0.4, -0.2) is 41.7 Å². The van der Waals surface area contributed by atoms with Gasteiger partial charge >= 0.3 is 0 Å². The van der Waals surface area contributed by atoms with Gasteiger partial charge in [0, 0.05) is 6.54 Å². The second-order valence-corrected chi connectivity index (χ2v) is 8.96. The summed E-state index contributed by atoms with van der Waals surface area (Å²) >= 11 is 0. The third-order valence-corrected chi connectivity index (χ3v) is 5.98. The van der Waals surface area contributed by atoms with E-state index in [0.717, 1.165) is 42.8 Å².